The standard InChI is InChI=1S/C29H49FO2/c1-18(2)8-7-9-19(3)23-12-13-24-22-11-10-21-16-27(32-20(4)31)26(30)17-29(21,6)25(22)14-15-28(23,24)5/h18-19,21-27H,7-17H2,1-6H3/t19-,21+,22+,23-,24+,25+,26+,27+,28-,29+/m1/s1. The Bertz CT molecular complexity index is 676. The second kappa shape index (κ2) is 9.21. The van der Waals surface area contributed by atoms with Gasteiger partial charge in [0.25, 0.3) is 0 Å². The summed E-state index contributed by atoms with van der Waals surface area (Å²) in [7, 11) is 0. The summed E-state index contributed by atoms with van der Waals surface area (Å²) in [5, 5.41) is 0. The molecule has 0 heterocycles. The summed E-state index contributed by atoms with van der Waals surface area (Å²) in [6.45, 7) is 13.7. The van der Waals surface area contributed by atoms with Crippen LogP contribution >= 0.6 is 0 Å². The SMILES string of the molecule is CC(=O)O[C@H]1C[C@@H]2CC[C@@H]3[C@H](CC[C@]4(C)[C@@H]([C@H](C)CCCC(C)C)CC[C@@H]34)[C@@]2(C)C[C@@H]1F. The van der Waals surface area contributed by atoms with Crippen molar-refractivity contribution >= 4 is 5.97 Å². The molecule has 0 saturated heterocycles. The molecule has 184 valence electrons. The van der Waals surface area contributed by atoms with E-state index in [0.29, 0.717) is 23.7 Å². The second-order valence-corrected chi connectivity index (χ2v) is 13.3. The van der Waals surface area contributed by atoms with E-state index in [0.717, 1.165) is 36.0 Å². The molecule has 4 fully saturated rings. The van der Waals surface area contributed by atoms with Gasteiger partial charge in [0.15, 0.2) is 0 Å². The van der Waals surface area contributed by atoms with Gasteiger partial charge in [-0.15, -0.1) is 0 Å². The number of halogens is 1. The van der Waals surface area contributed by atoms with Gasteiger partial charge in [0.1, 0.15) is 12.3 Å². The number of alkyl halides is 1. The minimum absolute atomic E-state index is 0.0846. The van der Waals surface area contributed by atoms with Crippen molar-refractivity contribution in [3.05, 3.63) is 0 Å². The maximum atomic E-state index is 15.2. The molecule has 0 amide bonds. The van der Waals surface area contributed by atoms with E-state index in [9.17, 15) is 4.79 Å². The average molecular weight is 449 g/mol. The molecule has 0 radical (unpaired) electrons. The normalized spacial score (nSPS) is 46.8. The molecule has 0 spiro atoms. The zero-order valence-corrected chi connectivity index (χ0v) is 21.7. The van der Waals surface area contributed by atoms with Gasteiger partial charge in [0, 0.05) is 6.92 Å². The Morgan fingerprint density at radius 1 is 1.00 bits per heavy atom. The van der Waals surface area contributed by atoms with Crippen LogP contribution in [0.4, 0.5) is 4.39 Å². The largest absolute Gasteiger partial charge is 0.459 e. The third-order valence-electron chi connectivity index (χ3n) is 11.1. The van der Waals surface area contributed by atoms with Gasteiger partial charge in [-0.3, -0.25) is 4.79 Å². The number of rotatable bonds is 6. The number of carbonyl (C=O) groups is 1. The Labute approximate surface area is 196 Å². The second-order valence-electron chi connectivity index (χ2n) is 13.3. The molecule has 0 aromatic carbocycles. The van der Waals surface area contributed by atoms with Crippen molar-refractivity contribution in [1.82, 2.24) is 0 Å². The Kier molecular flexibility index (Phi) is 7.06. The maximum absolute atomic E-state index is 15.2. The van der Waals surface area contributed by atoms with Crippen LogP contribution in [0.3, 0.4) is 0 Å². The van der Waals surface area contributed by atoms with Crippen LogP contribution in [0.5, 0.6) is 0 Å². The third-order valence-corrected chi connectivity index (χ3v) is 11.1. The lowest BCUT2D eigenvalue weighted by atomic mass is 9.44. The molecular weight excluding hydrogens is 399 g/mol. The first-order valence-electron chi connectivity index (χ1n) is 13.9. The van der Waals surface area contributed by atoms with E-state index in [1.165, 1.54) is 64.7 Å². The van der Waals surface area contributed by atoms with Crippen LogP contribution < -0.4 is 0 Å². The molecule has 4 rings (SSSR count). The van der Waals surface area contributed by atoms with E-state index < -0.39 is 12.3 Å². The lowest BCUT2D eigenvalue weighted by molar-refractivity contribution is -0.173. The fourth-order valence-corrected chi connectivity index (χ4v) is 9.58. The molecule has 2 nitrogen and oxygen atoms in total. The summed E-state index contributed by atoms with van der Waals surface area (Å²) in [6.07, 6.45) is 11.9. The summed E-state index contributed by atoms with van der Waals surface area (Å²) in [4.78, 5) is 11.5. The number of fused-ring (bicyclic) bond motifs is 5. The van der Waals surface area contributed by atoms with Gasteiger partial charge in [-0.1, -0.05) is 53.9 Å². The number of hydrogen-bond donors (Lipinski definition) is 0. The summed E-state index contributed by atoms with van der Waals surface area (Å²) in [5.41, 5.74) is 0.576. The molecule has 3 heteroatoms. The molecule has 0 bridgehead atoms. The average Bonchev–Trinajstić information content (AvgIpc) is 3.05. The van der Waals surface area contributed by atoms with E-state index in [1.54, 1.807) is 0 Å². The first-order valence-corrected chi connectivity index (χ1v) is 13.9. The van der Waals surface area contributed by atoms with Crippen LogP contribution in [-0.4, -0.2) is 18.2 Å². The van der Waals surface area contributed by atoms with Crippen LogP contribution in [0.15, 0.2) is 0 Å². The summed E-state index contributed by atoms with van der Waals surface area (Å²) >= 11 is 0. The van der Waals surface area contributed by atoms with Gasteiger partial charge in [-0.2, -0.15) is 0 Å². The Balaban J connectivity index is 1.46. The summed E-state index contributed by atoms with van der Waals surface area (Å²) in [6, 6.07) is 0. The van der Waals surface area contributed by atoms with Gasteiger partial charge in [0.2, 0.25) is 0 Å². The van der Waals surface area contributed by atoms with Gasteiger partial charge in [0.05, 0.1) is 0 Å². The number of ether oxygens (including phenoxy) is 1. The fraction of sp³-hybridized carbons (Fsp3) is 0.966. The lowest BCUT2D eigenvalue weighted by Gasteiger charge is -2.61. The maximum Gasteiger partial charge on any atom is 0.303 e. The molecule has 4 saturated carbocycles. The molecule has 0 aliphatic heterocycles. The lowest BCUT2D eigenvalue weighted by Crippen LogP contribution is -2.56. The molecule has 4 aliphatic rings. The smallest absolute Gasteiger partial charge is 0.303 e. The van der Waals surface area contributed by atoms with Gasteiger partial charge < -0.3 is 4.74 Å². The molecule has 32 heavy (non-hydrogen) atoms. The van der Waals surface area contributed by atoms with E-state index >= 15 is 4.39 Å². The predicted octanol–water partition coefficient (Wildman–Crippen LogP) is 7.99. The van der Waals surface area contributed by atoms with Gasteiger partial charge in [-0.05, 0) is 104 Å². The first kappa shape index (κ1) is 24.5. The fourth-order valence-electron chi connectivity index (χ4n) is 9.58. The molecule has 0 aromatic rings. The van der Waals surface area contributed by atoms with Crippen molar-refractivity contribution in [3.8, 4) is 0 Å². The highest BCUT2D eigenvalue weighted by Crippen LogP contribution is 2.68. The Morgan fingerprint density at radius 2 is 1.72 bits per heavy atom. The summed E-state index contributed by atoms with van der Waals surface area (Å²) in [5.74, 6) is 4.98. The van der Waals surface area contributed by atoms with Crippen molar-refractivity contribution in [2.75, 3.05) is 0 Å². The van der Waals surface area contributed by atoms with E-state index in [4.69, 9.17) is 4.74 Å². The van der Waals surface area contributed by atoms with Gasteiger partial charge in [-0.25, -0.2) is 4.39 Å². The highest BCUT2D eigenvalue weighted by molar-refractivity contribution is 5.66. The van der Waals surface area contributed by atoms with Crippen LogP contribution in [0.2, 0.25) is 0 Å². The molecule has 4 aliphatic carbocycles. The number of hydrogen-bond acceptors (Lipinski definition) is 2. The van der Waals surface area contributed by atoms with Crippen LogP contribution in [-0.2, 0) is 9.53 Å². The Morgan fingerprint density at radius 3 is 2.41 bits per heavy atom. The van der Waals surface area contributed by atoms with Gasteiger partial charge >= 0.3 is 5.97 Å². The monoisotopic (exact) mass is 448 g/mol. The first-order chi connectivity index (χ1) is 15.1. The van der Waals surface area contributed by atoms with E-state index in [2.05, 4.69) is 34.6 Å². The van der Waals surface area contributed by atoms with Crippen molar-refractivity contribution < 1.29 is 13.9 Å². The predicted molar refractivity (Wildman–Crippen MR) is 129 cm³/mol. The van der Waals surface area contributed by atoms with Crippen molar-refractivity contribution in [1.29, 1.82) is 0 Å². The van der Waals surface area contributed by atoms with Crippen LogP contribution in [0.1, 0.15) is 112 Å². The van der Waals surface area contributed by atoms with E-state index in [-0.39, 0.29) is 11.4 Å². The van der Waals surface area contributed by atoms with Crippen LogP contribution in [0.25, 0.3) is 0 Å². The molecule has 0 N–H and O–H groups in total. The number of esters is 1. The van der Waals surface area contributed by atoms with Crippen molar-refractivity contribution in [3.63, 3.8) is 0 Å². The van der Waals surface area contributed by atoms with E-state index in [1.807, 2.05) is 0 Å². The molecular formula is C29H49FO2. The van der Waals surface area contributed by atoms with Crippen LogP contribution in [0, 0.1) is 52.3 Å². The van der Waals surface area contributed by atoms with Crippen molar-refractivity contribution in [2.45, 2.75) is 124 Å². The van der Waals surface area contributed by atoms with Crippen molar-refractivity contribution in [2.24, 2.45) is 52.3 Å². The number of carbonyl (C=O) groups excluding carboxylic acids is 1. The molecule has 0 unspecified atom stereocenters. The molecule has 0 aromatic heterocycles. The zero-order valence-electron chi connectivity index (χ0n) is 21.7. The minimum atomic E-state index is -0.996. The zero-order chi connectivity index (χ0) is 23.3. The Hall–Kier alpha value is -0.600. The highest BCUT2D eigenvalue weighted by Gasteiger charge is 2.61. The topological polar surface area (TPSA) is 26.3 Å². The minimum Gasteiger partial charge on any atom is -0.459 e. The molecule has 10 atom stereocenters. The highest BCUT2D eigenvalue weighted by atomic mass is 19.1. The third kappa shape index (κ3) is 4.28. The summed E-state index contributed by atoms with van der Waals surface area (Å²) < 4.78 is 20.6. The quantitative estimate of drug-likeness (QED) is 0.385.